The quantitative estimate of drug-likeness (QED) is 0.677. The number of nitrogens with zero attached hydrogens (tertiary/aromatic N) is 1. The number of rotatable bonds is 2. The monoisotopic (exact) mass is 189 g/mol. The number of pyridine rings is 1. The molecule has 0 saturated heterocycles. The van der Waals surface area contributed by atoms with Crippen LogP contribution in [0.5, 0.6) is 5.75 Å². The summed E-state index contributed by atoms with van der Waals surface area (Å²) in [4.78, 5) is 10.9. The minimum atomic E-state index is 0.650. The number of carbonyl (C=O) groups is 1. The minimum Gasteiger partial charge on any atom is -0.494 e. The van der Waals surface area contributed by atoms with Crippen molar-refractivity contribution in [1.82, 2.24) is 4.40 Å². The summed E-state index contributed by atoms with van der Waals surface area (Å²) >= 11 is 0. The zero-order valence-electron chi connectivity index (χ0n) is 8.15. The number of aldehydes is 1. The predicted octanol–water partition coefficient (Wildman–Crippen LogP) is 2.07. The minimum absolute atomic E-state index is 0.650. The zero-order chi connectivity index (χ0) is 10.1. The first kappa shape index (κ1) is 8.81. The largest absolute Gasteiger partial charge is 0.494 e. The van der Waals surface area contributed by atoms with Gasteiger partial charge in [-0.05, 0) is 19.1 Å². The highest BCUT2D eigenvalue weighted by Crippen LogP contribution is 2.28. The molecule has 0 atom stereocenters. The van der Waals surface area contributed by atoms with Crippen molar-refractivity contribution in [3.05, 3.63) is 35.7 Å². The summed E-state index contributed by atoms with van der Waals surface area (Å²) in [6, 6.07) is 5.74. The van der Waals surface area contributed by atoms with Crippen molar-refractivity contribution in [3.63, 3.8) is 0 Å². The lowest BCUT2D eigenvalue weighted by molar-refractivity contribution is 0.111. The Morgan fingerprint density at radius 3 is 2.86 bits per heavy atom. The van der Waals surface area contributed by atoms with Crippen LogP contribution in [-0.2, 0) is 0 Å². The third-order valence-corrected chi connectivity index (χ3v) is 2.39. The second-order valence-corrected chi connectivity index (χ2v) is 3.12. The second kappa shape index (κ2) is 3.18. The molecule has 3 nitrogen and oxygen atoms in total. The molecule has 0 aliphatic heterocycles. The molecule has 0 N–H and O–H groups in total. The lowest BCUT2D eigenvalue weighted by Crippen LogP contribution is -1.90. The summed E-state index contributed by atoms with van der Waals surface area (Å²) in [5.41, 5.74) is 2.46. The van der Waals surface area contributed by atoms with Gasteiger partial charge in [-0.25, -0.2) is 0 Å². The summed E-state index contributed by atoms with van der Waals surface area (Å²) in [6.45, 7) is 1.88. The van der Waals surface area contributed by atoms with Crippen LogP contribution in [0.1, 0.15) is 16.1 Å². The molecule has 0 radical (unpaired) electrons. The smallest absolute Gasteiger partial charge is 0.167 e. The van der Waals surface area contributed by atoms with E-state index in [1.807, 2.05) is 35.7 Å². The van der Waals surface area contributed by atoms with Crippen molar-refractivity contribution < 1.29 is 9.53 Å². The molecule has 0 spiro atoms. The lowest BCUT2D eigenvalue weighted by Gasteiger charge is -1.97. The van der Waals surface area contributed by atoms with E-state index in [9.17, 15) is 4.79 Å². The lowest BCUT2D eigenvalue weighted by atomic mass is 10.2. The fraction of sp³-hybridized carbons (Fsp3) is 0.182. The van der Waals surface area contributed by atoms with Crippen LogP contribution in [0.2, 0.25) is 0 Å². The topological polar surface area (TPSA) is 30.7 Å². The SMILES string of the molecule is COc1c(C)c(C=O)n2ccccc12. The molecule has 0 aliphatic rings. The third-order valence-electron chi connectivity index (χ3n) is 2.39. The molecule has 0 fully saturated rings. The third kappa shape index (κ3) is 1.02. The van der Waals surface area contributed by atoms with Crippen molar-refractivity contribution in [1.29, 1.82) is 0 Å². The first-order chi connectivity index (χ1) is 6.79. The molecular weight excluding hydrogens is 178 g/mol. The van der Waals surface area contributed by atoms with E-state index in [1.165, 1.54) is 0 Å². The molecule has 0 aliphatic carbocycles. The maximum atomic E-state index is 10.9. The van der Waals surface area contributed by atoms with E-state index in [0.29, 0.717) is 5.69 Å². The van der Waals surface area contributed by atoms with Gasteiger partial charge in [-0.2, -0.15) is 0 Å². The number of hydrogen-bond acceptors (Lipinski definition) is 2. The first-order valence-electron chi connectivity index (χ1n) is 4.38. The van der Waals surface area contributed by atoms with Crippen molar-refractivity contribution in [2.24, 2.45) is 0 Å². The van der Waals surface area contributed by atoms with Crippen molar-refractivity contribution in [3.8, 4) is 5.75 Å². The van der Waals surface area contributed by atoms with Crippen LogP contribution in [0.3, 0.4) is 0 Å². The van der Waals surface area contributed by atoms with Crippen LogP contribution in [0.25, 0.3) is 5.52 Å². The Balaban J connectivity index is 2.91. The van der Waals surface area contributed by atoms with E-state index in [-0.39, 0.29) is 0 Å². The van der Waals surface area contributed by atoms with Crippen LogP contribution in [-0.4, -0.2) is 17.8 Å². The summed E-state index contributed by atoms with van der Waals surface area (Å²) < 4.78 is 7.10. The average molecular weight is 189 g/mol. The maximum Gasteiger partial charge on any atom is 0.167 e. The highest BCUT2D eigenvalue weighted by atomic mass is 16.5. The zero-order valence-corrected chi connectivity index (χ0v) is 8.15. The van der Waals surface area contributed by atoms with Crippen LogP contribution >= 0.6 is 0 Å². The van der Waals surface area contributed by atoms with Crippen LogP contribution in [0.15, 0.2) is 24.4 Å². The highest BCUT2D eigenvalue weighted by molar-refractivity contribution is 5.83. The second-order valence-electron chi connectivity index (χ2n) is 3.12. The average Bonchev–Trinajstić information content (AvgIpc) is 2.49. The maximum absolute atomic E-state index is 10.9. The summed E-state index contributed by atoms with van der Waals surface area (Å²) in [7, 11) is 1.61. The summed E-state index contributed by atoms with van der Waals surface area (Å²) in [5.74, 6) is 0.771. The van der Waals surface area contributed by atoms with Gasteiger partial charge in [-0.15, -0.1) is 0 Å². The highest BCUT2D eigenvalue weighted by Gasteiger charge is 2.13. The molecule has 2 heterocycles. The first-order valence-corrected chi connectivity index (χ1v) is 4.38. The molecule has 2 aromatic rings. The van der Waals surface area contributed by atoms with Crippen molar-refractivity contribution in [2.75, 3.05) is 7.11 Å². The van der Waals surface area contributed by atoms with Gasteiger partial charge < -0.3 is 9.14 Å². The number of ether oxygens (including phenoxy) is 1. The van der Waals surface area contributed by atoms with Gasteiger partial charge in [-0.3, -0.25) is 4.79 Å². The Morgan fingerprint density at radius 1 is 1.43 bits per heavy atom. The fourth-order valence-corrected chi connectivity index (χ4v) is 1.73. The number of aromatic nitrogens is 1. The van der Waals surface area contributed by atoms with Gasteiger partial charge in [0.2, 0.25) is 0 Å². The van der Waals surface area contributed by atoms with E-state index < -0.39 is 0 Å². The number of methoxy groups -OCH3 is 1. The van der Waals surface area contributed by atoms with Gasteiger partial charge in [0, 0.05) is 11.8 Å². The van der Waals surface area contributed by atoms with Crippen molar-refractivity contribution in [2.45, 2.75) is 6.92 Å². The Labute approximate surface area is 81.9 Å². The van der Waals surface area contributed by atoms with E-state index in [2.05, 4.69) is 0 Å². The van der Waals surface area contributed by atoms with E-state index >= 15 is 0 Å². The summed E-state index contributed by atoms with van der Waals surface area (Å²) in [5, 5.41) is 0. The van der Waals surface area contributed by atoms with E-state index in [0.717, 1.165) is 23.1 Å². The van der Waals surface area contributed by atoms with E-state index in [4.69, 9.17) is 4.74 Å². The molecule has 0 amide bonds. The Kier molecular flexibility index (Phi) is 2.00. The number of carbonyl (C=O) groups excluding carboxylic acids is 1. The molecule has 2 rings (SSSR count). The molecule has 0 saturated carbocycles. The fourth-order valence-electron chi connectivity index (χ4n) is 1.73. The van der Waals surface area contributed by atoms with Crippen molar-refractivity contribution >= 4 is 11.8 Å². The number of hydrogen-bond donors (Lipinski definition) is 0. The van der Waals surface area contributed by atoms with Gasteiger partial charge in [0.25, 0.3) is 0 Å². The Morgan fingerprint density at radius 2 is 2.21 bits per heavy atom. The molecule has 0 aromatic carbocycles. The molecule has 3 heteroatoms. The molecular formula is C11H11NO2. The Bertz CT molecular complexity index is 485. The van der Waals surface area contributed by atoms with Gasteiger partial charge in [0.1, 0.15) is 5.75 Å². The van der Waals surface area contributed by atoms with Crippen LogP contribution in [0, 0.1) is 6.92 Å². The summed E-state index contributed by atoms with van der Waals surface area (Å²) in [6.07, 6.45) is 2.71. The normalized spacial score (nSPS) is 10.4. The molecule has 0 bridgehead atoms. The van der Waals surface area contributed by atoms with E-state index in [1.54, 1.807) is 7.11 Å². The van der Waals surface area contributed by atoms with Crippen LogP contribution < -0.4 is 4.74 Å². The molecule has 72 valence electrons. The van der Waals surface area contributed by atoms with Gasteiger partial charge in [-0.1, -0.05) is 6.07 Å². The van der Waals surface area contributed by atoms with Gasteiger partial charge >= 0.3 is 0 Å². The number of fused-ring (bicyclic) bond motifs is 1. The standard InChI is InChI=1S/C11H11NO2/c1-8-10(7-13)12-6-4-3-5-9(12)11(8)14-2/h3-7H,1-2H3. The van der Waals surface area contributed by atoms with Gasteiger partial charge in [0.05, 0.1) is 18.3 Å². The molecule has 0 unspecified atom stereocenters. The van der Waals surface area contributed by atoms with Gasteiger partial charge in [0.15, 0.2) is 6.29 Å². The predicted molar refractivity (Wildman–Crippen MR) is 54.1 cm³/mol. The molecule has 14 heavy (non-hydrogen) atoms. The molecule has 2 aromatic heterocycles. The Hall–Kier alpha value is -1.77. The van der Waals surface area contributed by atoms with Crippen LogP contribution in [0.4, 0.5) is 0 Å².